The molecule has 2 aromatic carbocycles. The van der Waals surface area contributed by atoms with Gasteiger partial charge in [-0.25, -0.2) is 0 Å². The van der Waals surface area contributed by atoms with Crippen LogP contribution in [0.15, 0.2) is 30.3 Å². The van der Waals surface area contributed by atoms with E-state index in [0.717, 1.165) is 5.56 Å². The molecule has 0 fully saturated rings. The van der Waals surface area contributed by atoms with Crippen LogP contribution in [0.1, 0.15) is 23.6 Å². The predicted octanol–water partition coefficient (Wildman–Crippen LogP) is 3.56. The van der Waals surface area contributed by atoms with Crippen LogP contribution < -0.4 is 0 Å². The van der Waals surface area contributed by atoms with Gasteiger partial charge in [-0.2, -0.15) is 0 Å². The largest absolute Gasteiger partial charge is 0.466 e. The molecule has 2 nitrogen and oxygen atoms in total. The molecule has 0 atom stereocenters. The molecular weight excluding hydrogens is 224 g/mol. The summed E-state index contributed by atoms with van der Waals surface area (Å²) in [5.74, 6) is -0.157. The number of ether oxygens (including phenoxy) is 1. The molecule has 0 aliphatic heterocycles. The minimum atomic E-state index is -0.157. The Bertz CT molecular complexity index is 585. The molecule has 18 heavy (non-hydrogen) atoms. The van der Waals surface area contributed by atoms with E-state index in [2.05, 4.69) is 32.0 Å². The van der Waals surface area contributed by atoms with Gasteiger partial charge in [-0.05, 0) is 48.2 Å². The summed E-state index contributed by atoms with van der Waals surface area (Å²) in [6, 6.07) is 10.3. The van der Waals surface area contributed by atoms with E-state index in [1.165, 1.54) is 21.9 Å². The van der Waals surface area contributed by atoms with Crippen LogP contribution in [0.25, 0.3) is 10.8 Å². The van der Waals surface area contributed by atoms with Crippen LogP contribution in [-0.4, -0.2) is 12.6 Å². The number of benzene rings is 2. The van der Waals surface area contributed by atoms with Crippen LogP contribution in [0.3, 0.4) is 0 Å². The first-order chi connectivity index (χ1) is 8.63. The highest BCUT2D eigenvalue weighted by atomic mass is 16.5. The van der Waals surface area contributed by atoms with Gasteiger partial charge in [-0.1, -0.05) is 30.3 Å². The van der Waals surface area contributed by atoms with Crippen molar-refractivity contribution in [3.8, 4) is 0 Å². The summed E-state index contributed by atoms with van der Waals surface area (Å²) in [6.45, 7) is 6.43. The summed E-state index contributed by atoms with van der Waals surface area (Å²) in [4.78, 5) is 11.6. The highest BCUT2D eigenvalue weighted by Crippen LogP contribution is 2.25. The zero-order chi connectivity index (χ0) is 13.1. The van der Waals surface area contributed by atoms with E-state index in [1.54, 1.807) is 0 Å². The standard InChI is InChI=1S/C16H18O2/c1-4-18-16(17)10-14-9-13-7-5-6-8-15(13)12(3)11(14)2/h5-9H,4,10H2,1-3H3. The van der Waals surface area contributed by atoms with Crippen molar-refractivity contribution < 1.29 is 9.53 Å². The third-order valence-corrected chi connectivity index (χ3v) is 3.38. The van der Waals surface area contributed by atoms with Gasteiger partial charge in [0.05, 0.1) is 13.0 Å². The monoisotopic (exact) mass is 242 g/mol. The van der Waals surface area contributed by atoms with Crippen LogP contribution in [0.2, 0.25) is 0 Å². The molecule has 0 amide bonds. The third-order valence-electron chi connectivity index (χ3n) is 3.38. The molecular formula is C16H18O2. The van der Waals surface area contributed by atoms with Gasteiger partial charge < -0.3 is 4.74 Å². The van der Waals surface area contributed by atoms with E-state index in [0.29, 0.717) is 13.0 Å². The van der Waals surface area contributed by atoms with E-state index in [4.69, 9.17) is 4.74 Å². The molecule has 0 saturated carbocycles. The maximum absolute atomic E-state index is 11.6. The summed E-state index contributed by atoms with van der Waals surface area (Å²) in [7, 11) is 0. The topological polar surface area (TPSA) is 26.3 Å². The Morgan fingerprint density at radius 3 is 2.61 bits per heavy atom. The molecule has 0 bridgehead atoms. The summed E-state index contributed by atoms with van der Waals surface area (Å²) >= 11 is 0. The van der Waals surface area contributed by atoms with Crippen LogP contribution in [0.5, 0.6) is 0 Å². The number of fused-ring (bicyclic) bond motifs is 1. The van der Waals surface area contributed by atoms with Crippen molar-refractivity contribution in [2.45, 2.75) is 27.2 Å². The van der Waals surface area contributed by atoms with Gasteiger partial charge in [0.1, 0.15) is 0 Å². The Kier molecular flexibility index (Phi) is 3.66. The van der Waals surface area contributed by atoms with Gasteiger partial charge in [-0.15, -0.1) is 0 Å². The fraction of sp³-hybridized carbons (Fsp3) is 0.312. The van der Waals surface area contributed by atoms with E-state index in [1.807, 2.05) is 19.1 Å². The van der Waals surface area contributed by atoms with E-state index in [-0.39, 0.29) is 5.97 Å². The summed E-state index contributed by atoms with van der Waals surface area (Å²) in [5.41, 5.74) is 3.49. The summed E-state index contributed by atoms with van der Waals surface area (Å²) in [5, 5.41) is 2.43. The molecule has 0 aliphatic rings. The number of carbonyl (C=O) groups is 1. The molecule has 2 heteroatoms. The van der Waals surface area contributed by atoms with Crippen molar-refractivity contribution in [1.29, 1.82) is 0 Å². The fourth-order valence-electron chi connectivity index (χ4n) is 2.25. The second kappa shape index (κ2) is 5.21. The third kappa shape index (κ3) is 2.37. The van der Waals surface area contributed by atoms with Gasteiger partial charge in [-0.3, -0.25) is 4.79 Å². The van der Waals surface area contributed by atoms with Crippen LogP contribution in [0, 0.1) is 13.8 Å². The molecule has 0 spiro atoms. The Balaban J connectivity index is 2.45. The first kappa shape index (κ1) is 12.6. The normalized spacial score (nSPS) is 10.6. The maximum Gasteiger partial charge on any atom is 0.310 e. The lowest BCUT2D eigenvalue weighted by Gasteiger charge is -2.12. The first-order valence-corrected chi connectivity index (χ1v) is 6.27. The molecule has 0 heterocycles. The van der Waals surface area contributed by atoms with Crippen LogP contribution in [0.4, 0.5) is 0 Å². The smallest absolute Gasteiger partial charge is 0.310 e. The number of carbonyl (C=O) groups excluding carboxylic acids is 1. The molecule has 0 saturated heterocycles. The van der Waals surface area contributed by atoms with Crippen molar-refractivity contribution in [2.24, 2.45) is 0 Å². The van der Waals surface area contributed by atoms with E-state index >= 15 is 0 Å². The van der Waals surface area contributed by atoms with E-state index in [9.17, 15) is 4.79 Å². The quantitative estimate of drug-likeness (QED) is 0.769. The molecule has 0 aliphatic carbocycles. The Morgan fingerprint density at radius 2 is 1.89 bits per heavy atom. The Labute approximate surface area is 108 Å². The number of aryl methyl sites for hydroxylation is 1. The number of hydrogen-bond donors (Lipinski definition) is 0. The highest BCUT2D eigenvalue weighted by Gasteiger charge is 2.10. The molecule has 0 unspecified atom stereocenters. The molecule has 2 rings (SSSR count). The minimum Gasteiger partial charge on any atom is -0.466 e. The number of hydrogen-bond acceptors (Lipinski definition) is 2. The molecule has 94 valence electrons. The lowest BCUT2D eigenvalue weighted by atomic mass is 9.94. The van der Waals surface area contributed by atoms with Crippen LogP contribution >= 0.6 is 0 Å². The molecule has 2 aromatic rings. The van der Waals surface area contributed by atoms with Gasteiger partial charge in [0.2, 0.25) is 0 Å². The van der Waals surface area contributed by atoms with Gasteiger partial charge in [0.15, 0.2) is 0 Å². The minimum absolute atomic E-state index is 0.157. The van der Waals surface area contributed by atoms with E-state index < -0.39 is 0 Å². The first-order valence-electron chi connectivity index (χ1n) is 6.27. The average molecular weight is 242 g/mol. The lowest BCUT2D eigenvalue weighted by molar-refractivity contribution is -0.142. The zero-order valence-electron chi connectivity index (χ0n) is 11.1. The predicted molar refractivity (Wildman–Crippen MR) is 73.8 cm³/mol. The van der Waals surface area contributed by atoms with Crippen LogP contribution in [-0.2, 0) is 16.0 Å². The molecule has 0 radical (unpaired) electrons. The van der Waals surface area contributed by atoms with Crippen molar-refractivity contribution in [1.82, 2.24) is 0 Å². The lowest BCUT2D eigenvalue weighted by Crippen LogP contribution is -2.09. The van der Waals surface area contributed by atoms with Crippen molar-refractivity contribution in [3.05, 3.63) is 47.0 Å². The summed E-state index contributed by atoms with van der Waals surface area (Å²) < 4.78 is 5.01. The SMILES string of the molecule is CCOC(=O)Cc1cc2ccccc2c(C)c1C. The van der Waals surface area contributed by atoms with Crippen molar-refractivity contribution in [3.63, 3.8) is 0 Å². The fourth-order valence-corrected chi connectivity index (χ4v) is 2.25. The molecule has 0 aromatic heterocycles. The van der Waals surface area contributed by atoms with Gasteiger partial charge in [0, 0.05) is 0 Å². The molecule has 0 N–H and O–H groups in total. The summed E-state index contributed by atoms with van der Waals surface area (Å²) in [6.07, 6.45) is 0.353. The highest BCUT2D eigenvalue weighted by molar-refractivity contribution is 5.88. The number of rotatable bonds is 3. The Hall–Kier alpha value is -1.83. The maximum atomic E-state index is 11.6. The second-order valence-corrected chi connectivity index (χ2v) is 4.49. The zero-order valence-corrected chi connectivity index (χ0v) is 11.1. The average Bonchev–Trinajstić information content (AvgIpc) is 2.36. The number of esters is 1. The van der Waals surface area contributed by atoms with Gasteiger partial charge in [0.25, 0.3) is 0 Å². The van der Waals surface area contributed by atoms with Crippen molar-refractivity contribution in [2.75, 3.05) is 6.61 Å². The Morgan fingerprint density at radius 1 is 1.17 bits per heavy atom. The second-order valence-electron chi connectivity index (χ2n) is 4.49. The van der Waals surface area contributed by atoms with Crippen molar-refractivity contribution >= 4 is 16.7 Å². The van der Waals surface area contributed by atoms with Gasteiger partial charge >= 0.3 is 5.97 Å².